The van der Waals surface area contributed by atoms with Gasteiger partial charge in [-0.2, -0.15) is 0 Å². The topological polar surface area (TPSA) is 477 Å². The van der Waals surface area contributed by atoms with Crippen molar-refractivity contribution in [3.63, 3.8) is 0 Å². The van der Waals surface area contributed by atoms with Crippen LogP contribution in [0.15, 0.2) is 91.4 Å². The lowest BCUT2D eigenvalue weighted by atomic mass is 9.96. The van der Waals surface area contributed by atoms with Gasteiger partial charge >= 0.3 is 5.97 Å². The zero-order valence-electron chi connectivity index (χ0n) is 57.5. The molecule has 0 unspecified atom stereocenters. The molecule has 0 saturated carbocycles. The fraction of sp³-hybridized carbons (Fsp3) is 0.521. The van der Waals surface area contributed by atoms with Crippen molar-refractivity contribution in [3.8, 4) is 0 Å². The van der Waals surface area contributed by atoms with E-state index in [9.17, 15) is 43.5 Å². The van der Waals surface area contributed by atoms with E-state index < -0.39 is 119 Å². The van der Waals surface area contributed by atoms with Crippen molar-refractivity contribution in [3.05, 3.63) is 108 Å². The van der Waals surface area contributed by atoms with Gasteiger partial charge < -0.3 is 96.6 Å². The molecule has 0 aliphatic carbocycles. The zero-order chi connectivity index (χ0) is 72.0. The van der Waals surface area contributed by atoms with Crippen LogP contribution in [0.4, 0.5) is 0 Å². The highest BCUT2D eigenvalue weighted by molar-refractivity contribution is 5.99. The molecule has 0 spiro atoms. The number of aliphatic carboxylic acids is 1. The van der Waals surface area contributed by atoms with Crippen molar-refractivity contribution in [2.45, 2.75) is 191 Å². The van der Waals surface area contributed by atoms with Crippen molar-refractivity contribution in [2.75, 3.05) is 32.7 Å². The number of fused-ring (bicyclic) bond motifs is 3. The molecule has 28 nitrogen and oxygen atoms in total. The van der Waals surface area contributed by atoms with Crippen molar-refractivity contribution in [2.24, 2.45) is 40.5 Å². The molecule has 28 heteroatoms. The number of carboxylic acids is 1. The second-order valence-corrected chi connectivity index (χ2v) is 25.6. The molecule has 6 rings (SSSR count). The van der Waals surface area contributed by atoms with E-state index in [0.29, 0.717) is 80.9 Å². The van der Waals surface area contributed by atoms with E-state index in [4.69, 9.17) is 28.7 Å². The first-order valence-corrected chi connectivity index (χ1v) is 34.8. The second-order valence-electron chi connectivity index (χ2n) is 25.6. The largest absolute Gasteiger partial charge is 0.480 e. The van der Waals surface area contributed by atoms with Crippen molar-refractivity contribution < 1.29 is 53.1 Å². The van der Waals surface area contributed by atoms with Gasteiger partial charge in [-0.25, -0.2) is 4.79 Å². The number of hydrogen-bond acceptors (Lipinski definition) is 15. The van der Waals surface area contributed by atoms with E-state index in [-0.39, 0.29) is 83.6 Å². The Morgan fingerprint density at radius 3 is 0.939 bits per heavy atom. The number of benzene rings is 3. The van der Waals surface area contributed by atoms with Gasteiger partial charge in [0.05, 0.1) is 6.54 Å². The number of hydrogen-bond donors (Lipinski definition) is 18. The standard InChI is InChI=1S/C71H105N17O11/c1-5-42(3)61(87-60(89)38-76)69(96)84-57(35-44-39-77-50-24-10-7-21-47(44)50)67(94)83-54(28-14-18-32-73)64(91)81-56(30-16-20-34-75)66(93)88-62(43(4)6-2)70(97)85-58(36-45-40-78-51-25-11-8-22-48(45)51)68(95)82-53(27-13-17-31-72)63(90)80-55(29-15-19-33-74)65(92)86-59(71(98)99)37-46-41-79-52-26-12-9-23-49(46)52/h7-12,21-26,39-43,53-59,61-62,77-79H,5-6,13-20,27-38,72-76H2,1-4H3,(H,80,90)(H,81,91)(H,82,95)(H,83,94)(H,84,96)(H,85,97)(H,86,92)(H,87,89)(H,88,93)(H,98,99)/t42-,43-,53-,54-,55-,56-,57-,58-,59-,61-,62-/m0/s1. The number of aromatic amines is 3. The van der Waals surface area contributed by atoms with Crippen LogP contribution in [0.25, 0.3) is 32.7 Å². The fourth-order valence-corrected chi connectivity index (χ4v) is 12.0. The van der Waals surface area contributed by atoms with Crippen LogP contribution in [0.2, 0.25) is 0 Å². The Hall–Kier alpha value is -9.22. The van der Waals surface area contributed by atoms with Crippen molar-refractivity contribution in [1.82, 2.24) is 62.8 Å². The van der Waals surface area contributed by atoms with E-state index in [2.05, 4.69) is 62.8 Å². The Bertz CT molecular complexity index is 3630. The minimum atomic E-state index is -1.40. The maximum atomic E-state index is 15.1. The number of H-pyrrole nitrogens is 3. The summed E-state index contributed by atoms with van der Waals surface area (Å²) in [5.74, 6) is -8.72. The van der Waals surface area contributed by atoms with Gasteiger partial charge in [-0.1, -0.05) is 95.1 Å². The summed E-state index contributed by atoms with van der Waals surface area (Å²) in [4.78, 5) is 153. The summed E-state index contributed by atoms with van der Waals surface area (Å²) in [6.45, 7) is 7.90. The molecule has 0 aliphatic heterocycles. The fourth-order valence-electron chi connectivity index (χ4n) is 12.0. The smallest absolute Gasteiger partial charge is 0.326 e. The number of carbonyl (C=O) groups is 10. The molecule has 6 aromatic rings. The number of amides is 9. The first-order valence-electron chi connectivity index (χ1n) is 34.8. The SMILES string of the molecule is CC[C@H](C)[C@H](NC(=O)CN)C(=O)N[C@@H](Cc1c[nH]c2ccccc12)C(=O)N[C@@H](CCCCN)C(=O)N[C@@H](CCCCN)C(=O)N[C@H](C(=O)N[C@@H](Cc1c[nH]c2ccccc12)C(=O)N[C@@H](CCCCN)C(=O)N[C@@H](CCCCN)C(=O)N[C@@H](Cc1c[nH]c2ccccc12)C(=O)O)[C@@H](C)CC. The lowest BCUT2D eigenvalue weighted by molar-refractivity contribution is -0.142. The van der Waals surface area contributed by atoms with Crippen LogP contribution >= 0.6 is 0 Å². The highest BCUT2D eigenvalue weighted by Crippen LogP contribution is 2.24. The van der Waals surface area contributed by atoms with Gasteiger partial charge in [-0.05, 0) is 150 Å². The summed E-state index contributed by atoms with van der Waals surface area (Å²) in [6.07, 6.45) is 9.37. The maximum absolute atomic E-state index is 15.1. The normalized spacial score (nSPS) is 14.8. The Morgan fingerprint density at radius 1 is 0.364 bits per heavy atom. The summed E-state index contributed by atoms with van der Waals surface area (Å²) in [5, 5.41) is 38.0. The molecule has 0 saturated heterocycles. The lowest BCUT2D eigenvalue weighted by Gasteiger charge is -2.30. The van der Waals surface area contributed by atoms with E-state index in [1.165, 1.54) is 0 Å². The van der Waals surface area contributed by atoms with E-state index in [1.54, 1.807) is 32.4 Å². The number of unbranched alkanes of at least 4 members (excludes halogenated alkanes) is 4. The van der Waals surface area contributed by atoms with Gasteiger partial charge in [0.1, 0.15) is 54.4 Å². The molecule has 11 atom stereocenters. The quantitative estimate of drug-likeness (QED) is 0.0244. The number of rotatable bonds is 45. The van der Waals surface area contributed by atoms with E-state index in [0.717, 1.165) is 32.7 Å². The molecule has 0 aliphatic rings. The molecule has 0 fully saturated rings. The number of nitrogens with two attached hydrogens (primary N) is 5. The second kappa shape index (κ2) is 40.6. The van der Waals surface area contributed by atoms with Gasteiger partial charge in [0.15, 0.2) is 0 Å². The summed E-state index contributed by atoms with van der Waals surface area (Å²) in [5.41, 5.74) is 33.5. The molecule has 3 heterocycles. The molecule has 0 bridgehead atoms. The Labute approximate surface area is 577 Å². The highest BCUT2D eigenvalue weighted by atomic mass is 16.4. The predicted octanol–water partition coefficient (Wildman–Crippen LogP) is 2.17. The third-order valence-corrected chi connectivity index (χ3v) is 18.3. The molecule has 540 valence electrons. The van der Waals surface area contributed by atoms with Crippen LogP contribution in [0.1, 0.15) is 134 Å². The van der Waals surface area contributed by atoms with Crippen molar-refractivity contribution in [1.29, 1.82) is 0 Å². The Kier molecular flexibility index (Phi) is 32.3. The van der Waals surface area contributed by atoms with Crippen molar-refractivity contribution >= 4 is 91.8 Å². The molecule has 3 aromatic heterocycles. The van der Waals surface area contributed by atoms with Crippen LogP contribution < -0.4 is 76.5 Å². The van der Waals surface area contributed by atoms with Crippen LogP contribution in [-0.4, -0.2) is 166 Å². The predicted molar refractivity (Wildman–Crippen MR) is 381 cm³/mol. The van der Waals surface area contributed by atoms with Gasteiger partial charge in [0.2, 0.25) is 53.2 Å². The molecule has 9 amide bonds. The van der Waals surface area contributed by atoms with E-state index >= 15 is 9.59 Å². The highest BCUT2D eigenvalue weighted by Gasteiger charge is 2.38. The Balaban J connectivity index is 1.26. The zero-order valence-corrected chi connectivity index (χ0v) is 57.5. The first-order chi connectivity index (χ1) is 47.7. The van der Waals surface area contributed by atoms with Crippen LogP contribution in [0.3, 0.4) is 0 Å². The minimum Gasteiger partial charge on any atom is -0.480 e. The van der Waals surface area contributed by atoms with Crippen LogP contribution in [-0.2, 0) is 67.2 Å². The molecule has 99 heavy (non-hydrogen) atoms. The van der Waals surface area contributed by atoms with E-state index in [1.807, 2.05) is 86.6 Å². The van der Waals surface area contributed by atoms with Gasteiger partial charge in [0.25, 0.3) is 0 Å². The average molecular weight is 1370 g/mol. The Morgan fingerprint density at radius 2 is 0.636 bits per heavy atom. The summed E-state index contributed by atoms with van der Waals surface area (Å²) < 4.78 is 0. The first kappa shape index (κ1) is 78.8. The average Bonchev–Trinajstić information content (AvgIpc) is 1.75. The lowest BCUT2D eigenvalue weighted by Crippen LogP contribution is -2.61. The maximum Gasteiger partial charge on any atom is 0.326 e. The summed E-state index contributed by atoms with van der Waals surface area (Å²) >= 11 is 0. The molecular weight excluding hydrogens is 1270 g/mol. The number of para-hydroxylation sites is 3. The molecule has 0 radical (unpaired) electrons. The number of aromatic nitrogens is 3. The number of carbonyl (C=O) groups excluding carboxylic acids is 9. The monoisotopic (exact) mass is 1370 g/mol. The van der Waals surface area contributed by atoms with Gasteiger partial charge in [0, 0.05) is 70.6 Å². The third-order valence-electron chi connectivity index (χ3n) is 18.3. The minimum absolute atomic E-state index is 0.0299. The molecule has 23 N–H and O–H groups in total. The summed E-state index contributed by atoms with van der Waals surface area (Å²) in [7, 11) is 0. The number of carboxylic acid groups (broad SMARTS) is 1. The van der Waals surface area contributed by atoms with Crippen LogP contribution in [0.5, 0.6) is 0 Å². The molecule has 3 aromatic carbocycles. The third kappa shape index (κ3) is 23.5. The molecular formula is C71H105N17O11. The summed E-state index contributed by atoms with van der Waals surface area (Å²) in [6, 6.07) is 10.5. The number of nitrogens with one attached hydrogen (secondary N) is 12. The van der Waals surface area contributed by atoms with Crippen LogP contribution in [0, 0.1) is 11.8 Å². The van der Waals surface area contributed by atoms with Gasteiger partial charge in [-0.3, -0.25) is 43.2 Å². The van der Waals surface area contributed by atoms with Gasteiger partial charge in [-0.15, -0.1) is 0 Å².